The molecule has 10 heteroatoms. The van der Waals surface area contributed by atoms with E-state index in [9.17, 15) is 9.59 Å². The fourth-order valence-electron chi connectivity index (χ4n) is 4.36. The molecule has 2 fully saturated rings. The highest BCUT2D eigenvalue weighted by Gasteiger charge is 2.25. The Morgan fingerprint density at radius 2 is 1.90 bits per heavy atom. The van der Waals surface area contributed by atoms with Crippen molar-refractivity contribution in [2.75, 3.05) is 39.3 Å². The van der Waals surface area contributed by atoms with Crippen LogP contribution < -0.4 is 10.1 Å². The van der Waals surface area contributed by atoms with Gasteiger partial charge in [-0.25, -0.2) is 0 Å². The maximum atomic E-state index is 12.8. The van der Waals surface area contributed by atoms with Crippen LogP contribution in [0.3, 0.4) is 0 Å². The van der Waals surface area contributed by atoms with Gasteiger partial charge in [0.15, 0.2) is 12.3 Å². The average molecular weight is 430 g/mol. The van der Waals surface area contributed by atoms with E-state index in [1.807, 2.05) is 4.90 Å². The number of nitrogens with one attached hydrogen (secondary N) is 1. The molecule has 0 aromatic carbocycles. The molecule has 2 saturated heterocycles. The topological polar surface area (TPSA) is 105 Å². The summed E-state index contributed by atoms with van der Waals surface area (Å²) in [6.07, 6.45) is 8.28. The van der Waals surface area contributed by atoms with Crippen LogP contribution in [0.5, 0.6) is 5.88 Å². The number of nitrogens with zero attached hydrogens (tertiary/aromatic N) is 6. The number of piperidine rings is 1. The lowest BCUT2D eigenvalue weighted by Crippen LogP contribution is -2.43. The van der Waals surface area contributed by atoms with Gasteiger partial charge >= 0.3 is 0 Å². The van der Waals surface area contributed by atoms with Crippen LogP contribution in [0.4, 0.5) is 0 Å². The van der Waals surface area contributed by atoms with E-state index in [1.54, 1.807) is 12.1 Å². The van der Waals surface area contributed by atoms with E-state index in [0.717, 1.165) is 38.8 Å². The molecule has 4 rings (SSSR count). The van der Waals surface area contributed by atoms with E-state index in [0.29, 0.717) is 43.6 Å². The maximum absolute atomic E-state index is 12.8. The summed E-state index contributed by atoms with van der Waals surface area (Å²) in [5.41, 5.74) is 0.621. The molecule has 2 aliphatic heterocycles. The first kappa shape index (κ1) is 21.5. The van der Waals surface area contributed by atoms with Gasteiger partial charge in [0.25, 0.3) is 5.91 Å². The van der Waals surface area contributed by atoms with Gasteiger partial charge < -0.3 is 15.0 Å². The number of aromatic nitrogens is 4. The maximum Gasteiger partial charge on any atom is 0.260 e. The van der Waals surface area contributed by atoms with Crippen molar-refractivity contribution < 1.29 is 14.3 Å². The molecule has 2 aromatic rings. The van der Waals surface area contributed by atoms with Crippen LogP contribution in [-0.4, -0.2) is 86.8 Å². The summed E-state index contributed by atoms with van der Waals surface area (Å²) < 4.78 is 7.13. The second kappa shape index (κ2) is 10.5. The Morgan fingerprint density at radius 1 is 1.10 bits per heavy atom. The van der Waals surface area contributed by atoms with Crippen molar-refractivity contribution >= 4 is 17.5 Å². The first-order chi connectivity index (χ1) is 15.2. The Kier molecular flexibility index (Phi) is 7.29. The summed E-state index contributed by atoms with van der Waals surface area (Å²) in [5.74, 6) is 0.408. The minimum Gasteiger partial charge on any atom is -0.467 e. The molecule has 1 N–H and O–H groups in total. The third-order valence-corrected chi connectivity index (χ3v) is 6.05. The second-order valence-electron chi connectivity index (χ2n) is 8.28. The molecule has 2 aliphatic rings. The standard InChI is InChI=1S/C21H31N7O3/c29-19-14-17-6-1-2-10-26(17)11-3-4-12-27(13-5-9-22-19)21(30)15-31-20-8-7-18-24-23-16-28(18)25-20/h7-8,16-17H,1-6,9-15H2,(H,22,29). The predicted molar refractivity (Wildman–Crippen MR) is 114 cm³/mol. The molecule has 0 saturated carbocycles. The van der Waals surface area contributed by atoms with Crippen molar-refractivity contribution in [1.29, 1.82) is 0 Å². The highest BCUT2D eigenvalue weighted by molar-refractivity contribution is 5.78. The molecule has 1 atom stereocenters. The number of amides is 2. The molecule has 0 spiro atoms. The van der Waals surface area contributed by atoms with Crippen LogP contribution in [-0.2, 0) is 9.59 Å². The van der Waals surface area contributed by atoms with Gasteiger partial charge in [0.1, 0.15) is 6.33 Å². The first-order valence-electron chi connectivity index (χ1n) is 11.3. The number of hydrogen-bond acceptors (Lipinski definition) is 7. The lowest BCUT2D eigenvalue weighted by Gasteiger charge is -2.35. The fraction of sp³-hybridized carbons (Fsp3) is 0.667. The molecule has 0 aliphatic carbocycles. The highest BCUT2D eigenvalue weighted by atomic mass is 16.5. The highest BCUT2D eigenvalue weighted by Crippen LogP contribution is 2.20. The minimum absolute atomic E-state index is 0.0669. The summed E-state index contributed by atoms with van der Waals surface area (Å²) in [5, 5.41) is 15.0. The van der Waals surface area contributed by atoms with Gasteiger partial charge in [0.05, 0.1) is 0 Å². The lowest BCUT2D eigenvalue weighted by atomic mass is 9.98. The molecule has 4 heterocycles. The summed E-state index contributed by atoms with van der Waals surface area (Å²) in [6, 6.07) is 3.79. The summed E-state index contributed by atoms with van der Waals surface area (Å²) in [7, 11) is 0. The Balaban J connectivity index is 1.32. The van der Waals surface area contributed by atoms with E-state index in [1.165, 1.54) is 23.7 Å². The SMILES string of the molecule is O=C1CC2CCCCN2CCCCN(C(=O)COc2ccc3nncn3n2)CCCN1. The number of fused-ring (bicyclic) bond motifs is 2. The van der Waals surface area contributed by atoms with Gasteiger partial charge in [-0.3, -0.25) is 14.5 Å². The quantitative estimate of drug-likeness (QED) is 0.772. The normalized spacial score (nSPS) is 22.0. The predicted octanol–water partition coefficient (Wildman–Crippen LogP) is 0.876. The Hall–Kier alpha value is -2.75. The molecule has 2 aromatic heterocycles. The zero-order valence-electron chi connectivity index (χ0n) is 17.9. The number of ether oxygens (including phenoxy) is 1. The van der Waals surface area contributed by atoms with E-state index in [4.69, 9.17) is 4.74 Å². The summed E-state index contributed by atoms with van der Waals surface area (Å²) in [6.45, 7) is 3.88. The van der Waals surface area contributed by atoms with Crippen molar-refractivity contribution in [3.63, 3.8) is 0 Å². The Bertz CT molecular complexity index is 887. The molecule has 1 unspecified atom stereocenters. The Labute approximate surface area is 181 Å². The average Bonchev–Trinajstić information content (AvgIpc) is 3.25. The van der Waals surface area contributed by atoms with Gasteiger partial charge in [0, 0.05) is 38.2 Å². The van der Waals surface area contributed by atoms with Crippen LogP contribution in [0.2, 0.25) is 0 Å². The lowest BCUT2D eigenvalue weighted by molar-refractivity contribution is -0.133. The summed E-state index contributed by atoms with van der Waals surface area (Å²) >= 11 is 0. The largest absolute Gasteiger partial charge is 0.467 e. The molecule has 10 nitrogen and oxygen atoms in total. The molecule has 168 valence electrons. The Morgan fingerprint density at radius 3 is 2.81 bits per heavy atom. The first-order valence-corrected chi connectivity index (χ1v) is 11.3. The van der Waals surface area contributed by atoms with Gasteiger partial charge in [-0.05, 0) is 51.3 Å². The van der Waals surface area contributed by atoms with E-state index in [2.05, 4.69) is 25.5 Å². The van der Waals surface area contributed by atoms with Crippen molar-refractivity contribution in [2.24, 2.45) is 0 Å². The molecule has 2 amide bonds. The van der Waals surface area contributed by atoms with Crippen molar-refractivity contribution in [3.8, 4) is 5.88 Å². The molecular formula is C21H31N7O3. The second-order valence-corrected chi connectivity index (χ2v) is 8.28. The number of rotatable bonds is 3. The van der Waals surface area contributed by atoms with Gasteiger partial charge in [-0.1, -0.05) is 6.42 Å². The number of carbonyl (C=O) groups excluding carboxylic acids is 2. The molecular weight excluding hydrogens is 398 g/mol. The van der Waals surface area contributed by atoms with Gasteiger partial charge in [-0.15, -0.1) is 15.3 Å². The van der Waals surface area contributed by atoms with Gasteiger partial charge in [-0.2, -0.15) is 4.52 Å². The number of hydrogen-bond donors (Lipinski definition) is 1. The van der Waals surface area contributed by atoms with Crippen molar-refractivity contribution in [1.82, 2.24) is 34.9 Å². The van der Waals surface area contributed by atoms with Crippen LogP contribution in [0, 0.1) is 0 Å². The zero-order chi connectivity index (χ0) is 21.5. The zero-order valence-corrected chi connectivity index (χ0v) is 17.9. The van der Waals surface area contributed by atoms with Crippen LogP contribution >= 0.6 is 0 Å². The van der Waals surface area contributed by atoms with Crippen molar-refractivity contribution in [2.45, 2.75) is 51.0 Å². The van der Waals surface area contributed by atoms with Crippen molar-refractivity contribution in [3.05, 3.63) is 18.5 Å². The third kappa shape index (κ3) is 5.90. The van der Waals surface area contributed by atoms with E-state index < -0.39 is 0 Å². The van der Waals surface area contributed by atoms with Crippen LogP contribution in [0.15, 0.2) is 18.5 Å². The van der Waals surface area contributed by atoms with Gasteiger partial charge in [0.2, 0.25) is 11.8 Å². The molecule has 31 heavy (non-hydrogen) atoms. The third-order valence-electron chi connectivity index (χ3n) is 6.05. The smallest absolute Gasteiger partial charge is 0.260 e. The fourth-order valence-corrected chi connectivity index (χ4v) is 4.36. The van der Waals surface area contributed by atoms with E-state index in [-0.39, 0.29) is 18.4 Å². The molecule has 0 bridgehead atoms. The minimum atomic E-state index is -0.0683. The molecule has 0 radical (unpaired) electrons. The van der Waals surface area contributed by atoms with Crippen LogP contribution in [0.25, 0.3) is 5.65 Å². The van der Waals surface area contributed by atoms with Crippen LogP contribution in [0.1, 0.15) is 44.9 Å². The number of carbonyl (C=O) groups is 2. The monoisotopic (exact) mass is 429 g/mol. The summed E-state index contributed by atoms with van der Waals surface area (Å²) in [4.78, 5) is 29.4. The van der Waals surface area contributed by atoms with E-state index >= 15 is 0 Å².